The third kappa shape index (κ3) is 6.37. The number of nitrogens with zero attached hydrogens (tertiary/aromatic N) is 2. The molecule has 0 spiro atoms. The molecule has 1 aliphatic rings. The normalized spacial score (nSPS) is 18.4. The van der Waals surface area contributed by atoms with Gasteiger partial charge in [-0.25, -0.2) is 16.8 Å². The van der Waals surface area contributed by atoms with Gasteiger partial charge in [-0.2, -0.15) is 4.31 Å². The van der Waals surface area contributed by atoms with E-state index in [1.54, 1.807) is 26.0 Å². The van der Waals surface area contributed by atoms with Gasteiger partial charge in [-0.05, 0) is 30.2 Å². The molecule has 0 aliphatic carbocycles. The second-order valence-electron chi connectivity index (χ2n) is 7.09. The van der Waals surface area contributed by atoms with E-state index >= 15 is 0 Å². The summed E-state index contributed by atoms with van der Waals surface area (Å²) in [4.78, 5) is 25.8. The van der Waals surface area contributed by atoms with Gasteiger partial charge >= 0.3 is 5.97 Å². The zero-order valence-corrected chi connectivity index (χ0v) is 19.5. The summed E-state index contributed by atoms with van der Waals surface area (Å²) in [5.41, 5.74) is 0.587. The van der Waals surface area contributed by atoms with Crippen molar-refractivity contribution < 1.29 is 31.2 Å². The van der Waals surface area contributed by atoms with Gasteiger partial charge in [0.15, 0.2) is 9.84 Å². The molecular formula is C20H28N2O7S2. The molecule has 1 saturated heterocycles. The van der Waals surface area contributed by atoms with E-state index in [1.165, 1.54) is 40.6 Å². The quantitative estimate of drug-likeness (QED) is 0.387. The molecule has 2 rings (SSSR count). The van der Waals surface area contributed by atoms with E-state index in [9.17, 15) is 26.4 Å². The Hall–Kier alpha value is -2.24. The molecule has 0 N–H and O–H groups in total. The highest BCUT2D eigenvalue weighted by atomic mass is 32.2. The van der Waals surface area contributed by atoms with Crippen LogP contribution in [0.25, 0.3) is 6.08 Å². The van der Waals surface area contributed by atoms with Crippen molar-refractivity contribution in [1.82, 2.24) is 9.21 Å². The van der Waals surface area contributed by atoms with Crippen molar-refractivity contribution in [1.29, 1.82) is 0 Å². The molecule has 1 atom stereocenters. The van der Waals surface area contributed by atoms with Gasteiger partial charge in [-0.15, -0.1) is 0 Å². The Morgan fingerprint density at radius 1 is 1.16 bits per heavy atom. The lowest BCUT2D eigenvalue weighted by Crippen LogP contribution is -2.43. The minimum atomic E-state index is -3.58. The van der Waals surface area contributed by atoms with Gasteiger partial charge in [-0.3, -0.25) is 9.59 Å². The highest BCUT2D eigenvalue weighted by Gasteiger charge is 2.35. The van der Waals surface area contributed by atoms with E-state index in [2.05, 4.69) is 4.74 Å². The highest BCUT2D eigenvalue weighted by Crippen LogP contribution is 2.20. The van der Waals surface area contributed by atoms with Gasteiger partial charge in [0.1, 0.15) is 6.54 Å². The maximum absolute atomic E-state index is 12.7. The number of hydrogen-bond donors (Lipinski definition) is 0. The Kier molecular flexibility index (Phi) is 8.38. The molecule has 0 saturated carbocycles. The molecule has 11 heteroatoms. The van der Waals surface area contributed by atoms with E-state index in [-0.39, 0.29) is 29.4 Å². The van der Waals surface area contributed by atoms with Crippen LogP contribution in [0.5, 0.6) is 0 Å². The van der Waals surface area contributed by atoms with Gasteiger partial charge in [-0.1, -0.05) is 26.0 Å². The fraction of sp³-hybridized carbons (Fsp3) is 0.500. The number of esters is 1. The summed E-state index contributed by atoms with van der Waals surface area (Å²) >= 11 is 0. The molecule has 0 radical (unpaired) electrons. The zero-order valence-electron chi connectivity index (χ0n) is 17.9. The summed E-state index contributed by atoms with van der Waals surface area (Å²) in [6, 6.07) is 5.49. The number of ether oxygens (including phenoxy) is 1. The summed E-state index contributed by atoms with van der Waals surface area (Å²) in [5, 5.41) is 0. The Labute approximate surface area is 183 Å². The standard InChI is InChI=1S/C20H28N2O7S2/c1-4-21(5-2)31(27,28)18-9-6-16(7-10-18)8-11-19(23)22(14-20(24)29-3)17-12-13-30(25,26)15-17/h6-11,17H,4-5,12-15H2,1-3H3/b11-8+/t17-/m1/s1. The molecule has 9 nitrogen and oxygen atoms in total. The number of carbonyl (C=O) groups is 2. The number of rotatable bonds is 9. The zero-order chi connectivity index (χ0) is 23.2. The van der Waals surface area contributed by atoms with Crippen molar-refractivity contribution in [2.45, 2.75) is 31.2 Å². The van der Waals surface area contributed by atoms with Gasteiger partial charge in [0.25, 0.3) is 0 Å². The maximum atomic E-state index is 12.7. The first-order valence-electron chi connectivity index (χ1n) is 9.90. The molecule has 1 amide bonds. The Morgan fingerprint density at radius 3 is 2.26 bits per heavy atom. The fourth-order valence-corrected chi connectivity index (χ4v) is 6.53. The predicted octanol–water partition coefficient (Wildman–Crippen LogP) is 0.919. The van der Waals surface area contributed by atoms with Crippen LogP contribution in [0.15, 0.2) is 35.2 Å². The topological polar surface area (TPSA) is 118 Å². The molecule has 31 heavy (non-hydrogen) atoms. The smallest absolute Gasteiger partial charge is 0.325 e. The van der Waals surface area contributed by atoms with Crippen LogP contribution >= 0.6 is 0 Å². The number of carbonyl (C=O) groups excluding carboxylic acids is 2. The average Bonchev–Trinajstić information content (AvgIpc) is 3.10. The van der Waals surface area contributed by atoms with E-state index in [4.69, 9.17) is 0 Å². The van der Waals surface area contributed by atoms with Crippen molar-refractivity contribution in [3.8, 4) is 0 Å². The molecule has 1 fully saturated rings. The first kappa shape index (κ1) is 25.0. The van der Waals surface area contributed by atoms with Crippen molar-refractivity contribution in [2.24, 2.45) is 0 Å². The first-order valence-corrected chi connectivity index (χ1v) is 13.2. The summed E-state index contributed by atoms with van der Waals surface area (Å²) in [5.74, 6) is -1.39. The van der Waals surface area contributed by atoms with Crippen molar-refractivity contribution >= 4 is 37.8 Å². The van der Waals surface area contributed by atoms with Gasteiger partial charge < -0.3 is 9.64 Å². The summed E-state index contributed by atoms with van der Waals surface area (Å²) in [6.45, 7) is 3.91. The number of amides is 1. The van der Waals surface area contributed by atoms with Crippen LogP contribution in [0.2, 0.25) is 0 Å². The van der Waals surface area contributed by atoms with Gasteiger partial charge in [0.05, 0.1) is 23.5 Å². The Morgan fingerprint density at radius 2 is 1.77 bits per heavy atom. The summed E-state index contributed by atoms with van der Waals surface area (Å²) < 4.78 is 54.6. The van der Waals surface area contributed by atoms with E-state index < -0.39 is 37.8 Å². The van der Waals surface area contributed by atoms with E-state index in [1.807, 2.05) is 0 Å². The maximum Gasteiger partial charge on any atom is 0.325 e. The third-order valence-corrected chi connectivity index (χ3v) is 8.92. The summed E-state index contributed by atoms with van der Waals surface area (Å²) in [7, 11) is -5.63. The Bertz CT molecular complexity index is 1030. The van der Waals surface area contributed by atoms with Gasteiger partial charge in [0, 0.05) is 25.2 Å². The monoisotopic (exact) mass is 472 g/mol. The molecule has 0 bridgehead atoms. The van der Waals surface area contributed by atoms with Crippen LogP contribution < -0.4 is 0 Å². The molecule has 1 heterocycles. The predicted molar refractivity (Wildman–Crippen MR) is 116 cm³/mol. The number of sulfonamides is 1. The van der Waals surface area contributed by atoms with Crippen LogP contribution in [0.4, 0.5) is 0 Å². The second-order valence-corrected chi connectivity index (χ2v) is 11.3. The van der Waals surface area contributed by atoms with Crippen LogP contribution in [-0.4, -0.2) is 82.2 Å². The second kappa shape index (κ2) is 10.4. The largest absolute Gasteiger partial charge is 0.468 e. The SMILES string of the molecule is CCN(CC)S(=O)(=O)c1ccc(/C=C/C(=O)N(CC(=O)OC)[C@@H]2CCS(=O)(=O)C2)cc1. The number of methoxy groups -OCH3 is 1. The minimum Gasteiger partial charge on any atom is -0.468 e. The lowest BCUT2D eigenvalue weighted by atomic mass is 10.2. The molecule has 1 aromatic carbocycles. The lowest BCUT2D eigenvalue weighted by Gasteiger charge is -2.25. The van der Waals surface area contributed by atoms with Crippen molar-refractivity contribution in [2.75, 3.05) is 38.2 Å². The lowest BCUT2D eigenvalue weighted by molar-refractivity contribution is -0.146. The number of sulfone groups is 1. The molecular weight excluding hydrogens is 444 g/mol. The summed E-state index contributed by atoms with van der Waals surface area (Å²) in [6.07, 6.45) is 2.99. The van der Waals surface area contributed by atoms with Crippen LogP contribution in [0.3, 0.4) is 0 Å². The Balaban J connectivity index is 2.18. The molecule has 1 aliphatic heterocycles. The molecule has 0 unspecified atom stereocenters. The highest BCUT2D eigenvalue weighted by molar-refractivity contribution is 7.91. The molecule has 1 aromatic rings. The van der Waals surface area contributed by atoms with Crippen LogP contribution in [0, 0.1) is 0 Å². The van der Waals surface area contributed by atoms with Gasteiger partial charge in [0.2, 0.25) is 15.9 Å². The number of benzene rings is 1. The molecule has 172 valence electrons. The molecule has 0 aromatic heterocycles. The number of hydrogen-bond acceptors (Lipinski definition) is 7. The fourth-order valence-electron chi connectivity index (χ4n) is 3.34. The minimum absolute atomic E-state index is 0.0329. The van der Waals surface area contributed by atoms with Crippen molar-refractivity contribution in [3.63, 3.8) is 0 Å². The third-order valence-electron chi connectivity index (χ3n) is 5.10. The van der Waals surface area contributed by atoms with E-state index in [0.29, 0.717) is 18.7 Å². The average molecular weight is 473 g/mol. The van der Waals surface area contributed by atoms with E-state index in [0.717, 1.165) is 0 Å². The van der Waals surface area contributed by atoms with Crippen LogP contribution in [-0.2, 0) is 34.2 Å². The van der Waals surface area contributed by atoms with Crippen molar-refractivity contribution in [3.05, 3.63) is 35.9 Å². The van der Waals surface area contributed by atoms with Crippen LogP contribution in [0.1, 0.15) is 25.8 Å². The first-order chi connectivity index (χ1) is 14.5.